The van der Waals surface area contributed by atoms with Gasteiger partial charge in [-0.1, -0.05) is 11.6 Å². The van der Waals surface area contributed by atoms with Crippen molar-refractivity contribution in [2.75, 3.05) is 6.61 Å². The smallest absolute Gasteiger partial charge is 0.107 e. The van der Waals surface area contributed by atoms with Crippen molar-refractivity contribution in [1.82, 2.24) is 0 Å². The molecule has 0 amide bonds. The monoisotopic (exact) mass is 285 g/mol. The summed E-state index contributed by atoms with van der Waals surface area (Å²) in [5.74, 6) is 0. The molecule has 1 aromatic heterocycles. The predicted octanol–water partition coefficient (Wildman–Crippen LogP) is 1.52. The van der Waals surface area contributed by atoms with Crippen molar-refractivity contribution in [2.45, 2.75) is 12.1 Å². The fraction of sp³-hybridized carbons (Fsp3) is 0.429. The van der Waals surface area contributed by atoms with E-state index in [2.05, 4.69) is 15.9 Å². The third kappa shape index (κ3) is 2.65. The first kappa shape index (κ1) is 11.4. The minimum absolute atomic E-state index is 0.256. The first-order chi connectivity index (χ1) is 6.06. The maximum absolute atomic E-state index is 9.57. The Kier molecular flexibility index (Phi) is 4.15. The van der Waals surface area contributed by atoms with Gasteiger partial charge in [0.25, 0.3) is 0 Å². The second-order valence-corrected chi connectivity index (χ2v) is 5.10. The molecule has 1 aromatic rings. The molecule has 2 unspecified atom stereocenters. The van der Waals surface area contributed by atoms with E-state index in [1.165, 1.54) is 11.3 Å². The second kappa shape index (κ2) is 4.72. The average molecular weight is 287 g/mol. The fourth-order valence-corrected chi connectivity index (χ4v) is 2.62. The Bertz CT molecular complexity index is 275. The predicted molar refractivity (Wildman–Crippen MR) is 57.1 cm³/mol. The molecule has 0 aliphatic rings. The molecule has 0 bridgehead atoms. The van der Waals surface area contributed by atoms with Crippen LogP contribution in [-0.2, 0) is 0 Å². The third-order valence-corrected chi connectivity index (χ3v) is 4.12. The molecule has 0 saturated carbocycles. The SMILES string of the molecule is NC(CO)C(O)c1cc(Br)c(Cl)s1. The lowest BCUT2D eigenvalue weighted by atomic mass is 10.1. The van der Waals surface area contributed by atoms with Crippen molar-refractivity contribution in [1.29, 1.82) is 0 Å². The van der Waals surface area contributed by atoms with Gasteiger partial charge < -0.3 is 15.9 Å². The quantitative estimate of drug-likeness (QED) is 0.789. The standard InChI is InChI=1S/C7H9BrClNO2S/c8-3-1-5(13-7(3)9)6(12)4(10)2-11/h1,4,6,11-12H,2,10H2. The first-order valence-electron chi connectivity index (χ1n) is 3.55. The Morgan fingerprint density at radius 2 is 2.31 bits per heavy atom. The van der Waals surface area contributed by atoms with E-state index >= 15 is 0 Å². The highest BCUT2D eigenvalue weighted by atomic mass is 79.9. The van der Waals surface area contributed by atoms with Crippen LogP contribution in [0.5, 0.6) is 0 Å². The van der Waals surface area contributed by atoms with E-state index in [1.54, 1.807) is 6.07 Å². The Labute approximate surface area is 93.3 Å². The third-order valence-electron chi connectivity index (χ3n) is 1.57. The second-order valence-electron chi connectivity index (χ2n) is 2.56. The molecule has 1 heterocycles. The molecule has 0 fully saturated rings. The minimum atomic E-state index is -0.862. The largest absolute Gasteiger partial charge is 0.395 e. The number of hydrogen-bond acceptors (Lipinski definition) is 4. The molecular weight excluding hydrogens is 278 g/mol. The molecule has 0 saturated heterocycles. The summed E-state index contributed by atoms with van der Waals surface area (Å²) in [6, 6.07) is 1.04. The maximum Gasteiger partial charge on any atom is 0.107 e. The van der Waals surface area contributed by atoms with Crippen molar-refractivity contribution in [3.8, 4) is 0 Å². The highest BCUT2D eigenvalue weighted by molar-refractivity contribution is 9.10. The van der Waals surface area contributed by atoms with E-state index in [1.807, 2.05) is 0 Å². The van der Waals surface area contributed by atoms with Crippen LogP contribution in [0.2, 0.25) is 4.34 Å². The van der Waals surface area contributed by atoms with E-state index in [-0.39, 0.29) is 6.61 Å². The highest BCUT2D eigenvalue weighted by Gasteiger charge is 2.19. The summed E-state index contributed by atoms with van der Waals surface area (Å²) in [5.41, 5.74) is 5.46. The fourth-order valence-electron chi connectivity index (χ4n) is 0.820. The van der Waals surface area contributed by atoms with Gasteiger partial charge in [0, 0.05) is 9.35 Å². The topological polar surface area (TPSA) is 66.5 Å². The van der Waals surface area contributed by atoms with Crippen molar-refractivity contribution in [3.63, 3.8) is 0 Å². The lowest BCUT2D eigenvalue weighted by Crippen LogP contribution is -2.31. The van der Waals surface area contributed by atoms with Crippen LogP contribution in [0.3, 0.4) is 0 Å². The molecule has 13 heavy (non-hydrogen) atoms. The lowest BCUT2D eigenvalue weighted by Gasteiger charge is -2.14. The van der Waals surface area contributed by atoms with Gasteiger partial charge in [0.15, 0.2) is 0 Å². The van der Waals surface area contributed by atoms with E-state index < -0.39 is 12.1 Å². The molecule has 1 rings (SSSR count). The van der Waals surface area contributed by atoms with Gasteiger partial charge in [-0.3, -0.25) is 0 Å². The molecular formula is C7H9BrClNO2S. The summed E-state index contributed by atoms with van der Waals surface area (Å²) in [6.45, 7) is -0.256. The summed E-state index contributed by atoms with van der Waals surface area (Å²) in [7, 11) is 0. The summed E-state index contributed by atoms with van der Waals surface area (Å²) < 4.78 is 1.30. The van der Waals surface area contributed by atoms with Crippen molar-refractivity contribution in [3.05, 3.63) is 19.8 Å². The number of hydrogen-bond donors (Lipinski definition) is 3. The van der Waals surface area contributed by atoms with E-state index in [4.69, 9.17) is 22.4 Å². The molecule has 0 spiro atoms. The van der Waals surface area contributed by atoms with E-state index in [0.717, 1.165) is 4.47 Å². The van der Waals surface area contributed by atoms with Gasteiger partial charge in [-0.2, -0.15) is 0 Å². The summed E-state index contributed by atoms with van der Waals surface area (Å²) in [5, 5.41) is 18.3. The van der Waals surface area contributed by atoms with Crippen LogP contribution >= 0.6 is 38.9 Å². The number of aliphatic hydroxyl groups excluding tert-OH is 2. The molecule has 3 nitrogen and oxygen atoms in total. The first-order valence-corrected chi connectivity index (χ1v) is 5.54. The van der Waals surface area contributed by atoms with Crippen LogP contribution in [0.15, 0.2) is 10.5 Å². The zero-order chi connectivity index (χ0) is 10.0. The van der Waals surface area contributed by atoms with E-state index in [9.17, 15) is 5.11 Å². The number of aliphatic hydroxyl groups is 2. The summed E-state index contributed by atoms with van der Waals surface area (Å²) >= 11 is 10.2. The highest BCUT2D eigenvalue weighted by Crippen LogP contribution is 2.35. The van der Waals surface area contributed by atoms with Crippen LogP contribution in [0.4, 0.5) is 0 Å². The van der Waals surface area contributed by atoms with Crippen LogP contribution in [0, 0.1) is 0 Å². The van der Waals surface area contributed by atoms with Crippen molar-refractivity contribution >= 4 is 38.9 Å². The van der Waals surface area contributed by atoms with Gasteiger partial charge in [0.1, 0.15) is 10.4 Å². The average Bonchev–Trinajstić information content (AvgIpc) is 2.44. The molecule has 2 atom stereocenters. The van der Waals surface area contributed by atoms with Crippen LogP contribution in [0.25, 0.3) is 0 Å². The molecule has 6 heteroatoms. The normalized spacial score (nSPS) is 15.8. The van der Waals surface area contributed by atoms with Crippen LogP contribution in [-0.4, -0.2) is 22.9 Å². The molecule has 74 valence electrons. The Morgan fingerprint density at radius 3 is 2.69 bits per heavy atom. The number of rotatable bonds is 3. The van der Waals surface area contributed by atoms with Gasteiger partial charge in [-0.05, 0) is 22.0 Å². The zero-order valence-electron chi connectivity index (χ0n) is 6.58. The van der Waals surface area contributed by atoms with Gasteiger partial charge >= 0.3 is 0 Å². The van der Waals surface area contributed by atoms with Crippen molar-refractivity contribution < 1.29 is 10.2 Å². The van der Waals surface area contributed by atoms with Crippen molar-refractivity contribution in [2.24, 2.45) is 5.73 Å². The lowest BCUT2D eigenvalue weighted by molar-refractivity contribution is 0.112. The minimum Gasteiger partial charge on any atom is -0.395 e. The molecule has 0 aromatic carbocycles. The zero-order valence-corrected chi connectivity index (χ0v) is 9.73. The van der Waals surface area contributed by atoms with Gasteiger partial charge in [0.05, 0.1) is 12.6 Å². The van der Waals surface area contributed by atoms with E-state index in [0.29, 0.717) is 9.21 Å². The Balaban J connectivity index is 2.82. The number of nitrogens with two attached hydrogens (primary N) is 1. The number of thiophene rings is 1. The van der Waals surface area contributed by atoms with Gasteiger partial charge in [-0.25, -0.2) is 0 Å². The summed E-state index contributed by atoms with van der Waals surface area (Å²) in [6.07, 6.45) is -0.862. The Hall–Kier alpha value is 0.350. The van der Waals surface area contributed by atoms with Gasteiger partial charge in [-0.15, -0.1) is 11.3 Å². The molecule has 0 aliphatic carbocycles. The maximum atomic E-state index is 9.57. The molecule has 0 aliphatic heterocycles. The Morgan fingerprint density at radius 1 is 1.69 bits per heavy atom. The van der Waals surface area contributed by atoms with Gasteiger partial charge in [0.2, 0.25) is 0 Å². The van der Waals surface area contributed by atoms with Crippen LogP contribution < -0.4 is 5.73 Å². The molecule has 0 radical (unpaired) electrons. The number of halogens is 2. The molecule has 4 N–H and O–H groups in total. The van der Waals surface area contributed by atoms with Crippen LogP contribution in [0.1, 0.15) is 11.0 Å². The summed E-state index contributed by atoms with van der Waals surface area (Å²) in [4.78, 5) is 0.651.